The standard InChI is InChI=1S/C20H14N2O2/c21-19(23)11-8-9-16(20(22)24)17(10-11)15-7-3-6-14-12-4-1-2-5-13(12)18(14)15/h1-10H,(H2,21,23)(H2,22,24). The summed E-state index contributed by atoms with van der Waals surface area (Å²) in [6.07, 6.45) is 0. The third-order valence-electron chi connectivity index (χ3n) is 4.41. The smallest absolute Gasteiger partial charge is 0.249 e. The normalized spacial score (nSPS) is 11.2. The molecule has 3 aromatic rings. The Bertz CT molecular complexity index is 1020. The molecule has 3 aromatic carbocycles. The van der Waals surface area contributed by atoms with Crippen molar-refractivity contribution in [2.75, 3.05) is 0 Å². The molecule has 116 valence electrons. The minimum absolute atomic E-state index is 0.347. The maximum Gasteiger partial charge on any atom is 0.249 e. The predicted molar refractivity (Wildman–Crippen MR) is 93.3 cm³/mol. The number of carbonyl (C=O) groups is 2. The molecule has 4 N–H and O–H groups in total. The van der Waals surface area contributed by atoms with Gasteiger partial charge in [-0.1, -0.05) is 42.5 Å². The minimum atomic E-state index is -0.539. The zero-order valence-electron chi connectivity index (χ0n) is 12.7. The fraction of sp³-hybridized carbons (Fsp3) is 0. The van der Waals surface area contributed by atoms with Crippen molar-refractivity contribution in [1.82, 2.24) is 0 Å². The van der Waals surface area contributed by atoms with Gasteiger partial charge in [0.15, 0.2) is 0 Å². The van der Waals surface area contributed by atoms with Crippen LogP contribution in [-0.2, 0) is 0 Å². The number of primary amides is 2. The zero-order valence-corrected chi connectivity index (χ0v) is 12.7. The fourth-order valence-electron chi connectivity index (χ4n) is 3.30. The lowest BCUT2D eigenvalue weighted by Gasteiger charge is -2.27. The molecular formula is C20H14N2O2. The molecule has 0 saturated heterocycles. The Balaban J connectivity index is 1.99. The number of rotatable bonds is 3. The van der Waals surface area contributed by atoms with Crippen molar-refractivity contribution in [2.45, 2.75) is 0 Å². The van der Waals surface area contributed by atoms with Gasteiger partial charge in [-0.25, -0.2) is 0 Å². The quantitative estimate of drug-likeness (QED) is 0.608. The first kappa shape index (κ1) is 14.2. The van der Waals surface area contributed by atoms with E-state index < -0.39 is 11.8 Å². The van der Waals surface area contributed by atoms with Gasteiger partial charge in [0.25, 0.3) is 0 Å². The summed E-state index contributed by atoms with van der Waals surface area (Å²) < 4.78 is 0. The van der Waals surface area contributed by atoms with Crippen LogP contribution in [0.3, 0.4) is 0 Å². The van der Waals surface area contributed by atoms with E-state index in [0.29, 0.717) is 16.7 Å². The van der Waals surface area contributed by atoms with Gasteiger partial charge in [0.05, 0.1) is 0 Å². The molecule has 0 aromatic heterocycles. The molecule has 0 aliphatic heterocycles. The maximum absolute atomic E-state index is 11.8. The summed E-state index contributed by atoms with van der Waals surface area (Å²) >= 11 is 0. The van der Waals surface area contributed by atoms with Crippen LogP contribution in [-0.4, -0.2) is 11.8 Å². The Morgan fingerprint density at radius 2 is 1.25 bits per heavy atom. The Labute approximate surface area is 138 Å². The largest absolute Gasteiger partial charge is 0.366 e. The topological polar surface area (TPSA) is 86.2 Å². The molecule has 2 amide bonds. The first-order valence-electron chi connectivity index (χ1n) is 7.54. The van der Waals surface area contributed by atoms with Crippen LogP contribution in [0.5, 0.6) is 0 Å². The SMILES string of the molecule is NC(=O)c1ccc(C(N)=O)c(-c2cccc3c2-c2ccccc2-3)c1. The monoisotopic (exact) mass is 314 g/mol. The number of nitrogens with two attached hydrogens (primary N) is 2. The van der Waals surface area contributed by atoms with E-state index in [9.17, 15) is 9.59 Å². The van der Waals surface area contributed by atoms with Gasteiger partial charge in [0, 0.05) is 11.1 Å². The van der Waals surface area contributed by atoms with Crippen molar-refractivity contribution in [1.29, 1.82) is 0 Å². The number of fused-ring (bicyclic) bond motifs is 4. The highest BCUT2D eigenvalue weighted by atomic mass is 16.1. The van der Waals surface area contributed by atoms with E-state index in [0.717, 1.165) is 22.3 Å². The number of benzene rings is 3. The second-order valence-corrected chi connectivity index (χ2v) is 5.76. The van der Waals surface area contributed by atoms with Crippen LogP contribution in [0.2, 0.25) is 0 Å². The molecule has 0 radical (unpaired) electrons. The van der Waals surface area contributed by atoms with Crippen LogP contribution in [0, 0.1) is 0 Å². The molecule has 0 atom stereocenters. The molecule has 24 heavy (non-hydrogen) atoms. The van der Waals surface area contributed by atoms with Gasteiger partial charge in [0.1, 0.15) is 0 Å². The minimum Gasteiger partial charge on any atom is -0.366 e. The number of hydrogen-bond acceptors (Lipinski definition) is 2. The molecule has 4 nitrogen and oxygen atoms in total. The summed E-state index contributed by atoms with van der Waals surface area (Å²) in [6.45, 7) is 0. The lowest BCUT2D eigenvalue weighted by atomic mass is 9.76. The van der Waals surface area contributed by atoms with Gasteiger partial charge in [-0.15, -0.1) is 0 Å². The molecule has 0 saturated carbocycles. The highest BCUT2D eigenvalue weighted by Gasteiger charge is 2.26. The second-order valence-electron chi connectivity index (χ2n) is 5.76. The summed E-state index contributed by atoms with van der Waals surface area (Å²) in [5, 5.41) is 0. The van der Waals surface area contributed by atoms with E-state index in [-0.39, 0.29) is 0 Å². The van der Waals surface area contributed by atoms with Crippen LogP contribution in [0.4, 0.5) is 0 Å². The van der Waals surface area contributed by atoms with Gasteiger partial charge in [-0.3, -0.25) is 9.59 Å². The Morgan fingerprint density at radius 3 is 1.92 bits per heavy atom. The summed E-state index contributed by atoms with van der Waals surface area (Å²) in [4.78, 5) is 23.4. The van der Waals surface area contributed by atoms with Crippen molar-refractivity contribution < 1.29 is 9.59 Å². The number of hydrogen-bond donors (Lipinski definition) is 2. The number of carbonyl (C=O) groups excluding carboxylic acids is 2. The van der Waals surface area contributed by atoms with E-state index >= 15 is 0 Å². The second kappa shape index (κ2) is 5.06. The molecular weight excluding hydrogens is 300 g/mol. The maximum atomic E-state index is 11.8. The van der Waals surface area contributed by atoms with Crippen molar-refractivity contribution >= 4 is 11.8 Å². The van der Waals surface area contributed by atoms with Crippen molar-refractivity contribution in [3.05, 3.63) is 71.8 Å². The lowest BCUT2D eigenvalue weighted by Crippen LogP contribution is -2.16. The van der Waals surface area contributed by atoms with Crippen molar-refractivity contribution in [2.24, 2.45) is 11.5 Å². The molecule has 4 heteroatoms. The zero-order chi connectivity index (χ0) is 16.8. The predicted octanol–water partition coefficient (Wildman–Crippen LogP) is 3.20. The van der Waals surface area contributed by atoms with Crippen LogP contribution >= 0.6 is 0 Å². The first-order chi connectivity index (χ1) is 11.6. The molecule has 0 heterocycles. The number of amides is 2. The molecule has 1 aliphatic carbocycles. The molecule has 4 rings (SSSR count). The highest BCUT2D eigenvalue weighted by molar-refractivity contribution is 6.12. The van der Waals surface area contributed by atoms with Crippen molar-refractivity contribution in [3.8, 4) is 33.4 Å². The van der Waals surface area contributed by atoms with Crippen LogP contribution in [0.15, 0.2) is 60.7 Å². The van der Waals surface area contributed by atoms with Crippen LogP contribution in [0.1, 0.15) is 20.7 Å². The summed E-state index contributed by atoms with van der Waals surface area (Å²) in [5.41, 5.74) is 17.6. The van der Waals surface area contributed by atoms with Gasteiger partial charge in [-0.05, 0) is 51.6 Å². The van der Waals surface area contributed by atoms with E-state index in [2.05, 4.69) is 6.07 Å². The van der Waals surface area contributed by atoms with E-state index in [1.54, 1.807) is 12.1 Å². The summed E-state index contributed by atoms with van der Waals surface area (Å²) in [7, 11) is 0. The van der Waals surface area contributed by atoms with Gasteiger partial charge < -0.3 is 11.5 Å². The first-order valence-corrected chi connectivity index (χ1v) is 7.54. The molecule has 0 bridgehead atoms. The molecule has 0 fully saturated rings. The molecule has 0 unspecified atom stereocenters. The van der Waals surface area contributed by atoms with Gasteiger partial charge in [-0.2, -0.15) is 0 Å². The fourth-order valence-corrected chi connectivity index (χ4v) is 3.30. The third-order valence-corrected chi connectivity index (χ3v) is 4.41. The Morgan fingerprint density at radius 1 is 0.625 bits per heavy atom. The van der Waals surface area contributed by atoms with E-state index in [1.165, 1.54) is 11.6 Å². The average Bonchev–Trinajstić information content (AvgIpc) is 2.58. The lowest BCUT2D eigenvalue weighted by molar-refractivity contribution is 0.0989. The summed E-state index contributed by atoms with van der Waals surface area (Å²) in [6, 6.07) is 18.7. The molecule has 0 spiro atoms. The Kier molecular flexibility index (Phi) is 3.00. The van der Waals surface area contributed by atoms with Gasteiger partial charge >= 0.3 is 0 Å². The van der Waals surface area contributed by atoms with E-state index in [4.69, 9.17) is 11.5 Å². The van der Waals surface area contributed by atoms with Gasteiger partial charge in [0.2, 0.25) is 11.8 Å². The highest BCUT2D eigenvalue weighted by Crippen LogP contribution is 2.51. The third kappa shape index (κ3) is 1.93. The van der Waals surface area contributed by atoms with Crippen LogP contribution in [0.25, 0.3) is 33.4 Å². The van der Waals surface area contributed by atoms with E-state index in [1.807, 2.05) is 36.4 Å². The molecule has 1 aliphatic rings. The summed E-state index contributed by atoms with van der Waals surface area (Å²) in [5.74, 6) is -1.08. The van der Waals surface area contributed by atoms with Crippen molar-refractivity contribution in [3.63, 3.8) is 0 Å². The average molecular weight is 314 g/mol. The van der Waals surface area contributed by atoms with Crippen LogP contribution < -0.4 is 11.5 Å². The Hall–Kier alpha value is -3.40.